The number of rotatable bonds is 18. The molecule has 0 saturated heterocycles. The molecule has 28 heavy (non-hydrogen) atoms. The van der Waals surface area contributed by atoms with Crippen molar-refractivity contribution in [2.45, 2.75) is 103 Å². The molecule has 1 aromatic rings. The zero-order chi connectivity index (χ0) is 20.3. The van der Waals surface area contributed by atoms with Crippen LogP contribution in [0.15, 0.2) is 42.5 Å². The standard InChI is InChI=1S/C25H43NO2/c1-2-3-4-5-6-7-8-9-10-11-12-13-17-20-25(27)24(26)22-28-21-23-18-15-14-16-19-23/h14-20,24-25,27H,2-13,21-22,26H2,1H3/b20-17+/t24-,25+/m0/s1. The van der Waals surface area contributed by atoms with Crippen LogP contribution in [0.5, 0.6) is 0 Å². The summed E-state index contributed by atoms with van der Waals surface area (Å²) in [5.41, 5.74) is 7.12. The van der Waals surface area contributed by atoms with Crippen LogP contribution in [0.1, 0.15) is 89.5 Å². The summed E-state index contributed by atoms with van der Waals surface area (Å²) in [6.07, 6.45) is 19.2. The van der Waals surface area contributed by atoms with E-state index in [1.165, 1.54) is 70.6 Å². The molecule has 3 heteroatoms. The number of hydrogen-bond acceptors (Lipinski definition) is 3. The lowest BCUT2D eigenvalue weighted by atomic mass is 10.0. The van der Waals surface area contributed by atoms with E-state index >= 15 is 0 Å². The van der Waals surface area contributed by atoms with Crippen LogP contribution in [-0.4, -0.2) is 23.9 Å². The van der Waals surface area contributed by atoms with Gasteiger partial charge in [-0.3, -0.25) is 0 Å². The Morgan fingerprint density at radius 2 is 1.46 bits per heavy atom. The molecular weight excluding hydrogens is 346 g/mol. The normalized spacial score (nSPS) is 13.8. The van der Waals surface area contributed by atoms with Crippen molar-refractivity contribution in [3.05, 3.63) is 48.0 Å². The lowest BCUT2D eigenvalue weighted by Gasteiger charge is -2.16. The summed E-state index contributed by atoms with van der Waals surface area (Å²) in [5, 5.41) is 10.1. The first-order valence-corrected chi connectivity index (χ1v) is 11.5. The molecule has 0 saturated carbocycles. The van der Waals surface area contributed by atoms with Gasteiger partial charge >= 0.3 is 0 Å². The minimum Gasteiger partial charge on any atom is -0.387 e. The Morgan fingerprint density at radius 3 is 2.07 bits per heavy atom. The van der Waals surface area contributed by atoms with E-state index < -0.39 is 6.10 Å². The second-order valence-electron chi connectivity index (χ2n) is 7.91. The Bertz CT molecular complexity index is 475. The predicted molar refractivity (Wildman–Crippen MR) is 120 cm³/mol. The fraction of sp³-hybridized carbons (Fsp3) is 0.680. The Balaban J connectivity index is 1.92. The average Bonchev–Trinajstić information content (AvgIpc) is 2.72. The molecule has 0 aliphatic rings. The number of allylic oxidation sites excluding steroid dienone is 1. The van der Waals surface area contributed by atoms with Crippen molar-refractivity contribution in [3.8, 4) is 0 Å². The van der Waals surface area contributed by atoms with Crippen molar-refractivity contribution in [1.29, 1.82) is 0 Å². The van der Waals surface area contributed by atoms with Crippen LogP contribution < -0.4 is 5.73 Å². The van der Waals surface area contributed by atoms with Gasteiger partial charge in [-0.15, -0.1) is 0 Å². The summed E-state index contributed by atoms with van der Waals surface area (Å²) in [6.45, 7) is 3.16. The molecule has 0 fully saturated rings. The molecule has 0 unspecified atom stereocenters. The maximum atomic E-state index is 10.1. The van der Waals surface area contributed by atoms with E-state index in [1.54, 1.807) is 0 Å². The van der Waals surface area contributed by atoms with Gasteiger partial charge in [0.2, 0.25) is 0 Å². The largest absolute Gasteiger partial charge is 0.387 e. The smallest absolute Gasteiger partial charge is 0.0894 e. The third kappa shape index (κ3) is 13.9. The Hall–Kier alpha value is -1.16. The summed E-state index contributed by atoms with van der Waals surface area (Å²) in [5.74, 6) is 0. The highest BCUT2D eigenvalue weighted by atomic mass is 16.5. The molecule has 0 aliphatic carbocycles. The van der Waals surface area contributed by atoms with Gasteiger partial charge in [0.15, 0.2) is 0 Å². The van der Waals surface area contributed by atoms with Gasteiger partial charge in [0, 0.05) is 0 Å². The summed E-state index contributed by atoms with van der Waals surface area (Å²) in [4.78, 5) is 0. The monoisotopic (exact) mass is 389 g/mol. The van der Waals surface area contributed by atoms with Gasteiger partial charge in [0.25, 0.3) is 0 Å². The van der Waals surface area contributed by atoms with E-state index in [0.29, 0.717) is 13.2 Å². The van der Waals surface area contributed by atoms with Gasteiger partial charge < -0.3 is 15.6 Å². The molecule has 0 aromatic heterocycles. The molecule has 160 valence electrons. The van der Waals surface area contributed by atoms with E-state index in [0.717, 1.165) is 12.0 Å². The van der Waals surface area contributed by atoms with Crippen molar-refractivity contribution in [2.24, 2.45) is 5.73 Å². The van der Waals surface area contributed by atoms with Crippen molar-refractivity contribution in [1.82, 2.24) is 0 Å². The number of nitrogens with two attached hydrogens (primary N) is 1. The molecule has 0 aliphatic heterocycles. The van der Waals surface area contributed by atoms with Crippen LogP contribution in [0.4, 0.5) is 0 Å². The highest BCUT2D eigenvalue weighted by Gasteiger charge is 2.11. The van der Waals surface area contributed by atoms with E-state index in [9.17, 15) is 5.11 Å². The number of aliphatic hydroxyl groups is 1. The maximum Gasteiger partial charge on any atom is 0.0894 e. The Morgan fingerprint density at radius 1 is 0.893 bits per heavy atom. The van der Waals surface area contributed by atoms with E-state index in [1.807, 2.05) is 36.4 Å². The number of benzene rings is 1. The molecule has 0 spiro atoms. The maximum absolute atomic E-state index is 10.1. The van der Waals surface area contributed by atoms with Crippen LogP contribution in [-0.2, 0) is 11.3 Å². The van der Waals surface area contributed by atoms with Crippen LogP contribution in [0.2, 0.25) is 0 Å². The molecule has 0 bridgehead atoms. The van der Waals surface area contributed by atoms with E-state index in [-0.39, 0.29) is 6.04 Å². The fourth-order valence-corrected chi connectivity index (χ4v) is 3.29. The third-order valence-electron chi connectivity index (χ3n) is 5.17. The van der Waals surface area contributed by atoms with Gasteiger partial charge in [-0.2, -0.15) is 0 Å². The summed E-state index contributed by atoms with van der Waals surface area (Å²) < 4.78 is 5.60. The topological polar surface area (TPSA) is 55.5 Å². The molecule has 0 radical (unpaired) electrons. The second-order valence-corrected chi connectivity index (χ2v) is 7.91. The minimum atomic E-state index is -0.636. The molecule has 1 rings (SSSR count). The lowest BCUT2D eigenvalue weighted by molar-refractivity contribution is 0.0713. The first-order chi connectivity index (χ1) is 13.7. The quantitative estimate of drug-likeness (QED) is 0.234. The molecule has 0 heterocycles. The van der Waals surface area contributed by atoms with Gasteiger partial charge in [-0.05, 0) is 18.4 Å². The fourth-order valence-electron chi connectivity index (χ4n) is 3.29. The molecular formula is C25H43NO2. The zero-order valence-electron chi connectivity index (χ0n) is 18.0. The number of ether oxygens (including phenoxy) is 1. The first-order valence-electron chi connectivity index (χ1n) is 11.5. The number of hydrogen-bond donors (Lipinski definition) is 2. The van der Waals surface area contributed by atoms with Crippen molar-refractivity contribution >= 4 is 0 Å². The SMILES string of the molecule is CCCCCCCCCCCCC/C=C/[C@@H](O)[C@@H](N)COCc1ccccc1. The summed E-state index contributed by atoms with van der Waals surface area (Å²) in [7, 11) is 0. The zero-order valence-corrected chi connectivity index (χ0v) is 18.0. The van der Waals surface area contributed by atoms with Gasteiger partial charge in [0.1, 0.15) is 0 Å². The van der Waals surface area contributed by atoms with Gasteiger partial charge in [0.05, 0.1) is 25.4 Å². The summed E-state index contributed by atoms with van der Waals surface area (Å²) in [6, 6.07) is 9.64. The van der Waals surface area contributed by atoms with Crippen LogP contribution >= 0.6 is 0 Å². The molecule has 3 nitrogen and oxygen atoms in total. The average molecular weight is 390 g/mol. The third-order valence-corrected chi connectivity index (χ3v) is 5.17. The molecule has 1 aromatic carbocycles. The van der Waals surface area contributed by atoms with E-state index in [2.05, 4.69) is 13.0 Å². The molecule has 0 amide bonds. The highest BCUT2D eigenvalue weighted by molar-refractivity contribution is 5.13. The van der Waals surface area contributed by atoms with Crippen molar-refractivity contribution in [3.63, 3.8) is 0 Å². The second kappa shape index (κ2) is 17.9. The number of unbranched alkanes of at least 4 members (excludes halogenated alkanes) is 11. The first kappa shape index (κ1) is 24.9. The van der Waals surface area contributed by atoms with Crippen molar-refractivity contribution < 1.29 is 9.84 Å². The Labute approximate surface area is 173 Å². The van der Waals surface area contributed by atoms with Crippen LogP contribution in [0.25, 0.3) is 0 Å². The van der Waals surface area contributed by atoms with Crippen LogP contribution in [0, 0.1) is 0 Å². The van der Waals surface area contributed by atoms with Crippen LogP contribution in [0.3, 0.4) is 0 Å². The molecule has 3 N–H and O–H groups in total. The highest BCUT2D eigenvalue weighted by Crippen LogP contribution is 2.12. The molecule has 2 atom stereocenters. The van der Waals surface area contributed by atoms with E-state index in [4.69, 9.17) is 10.5 Å². The number of aliphatic hydroxyl groups excluding tert-OH is 1. The Kier molecular flexibility index (Phi) is 15.9. The van der Waals surface area contributed by atoms with Gasteiger partial charge in [-0.25, -0.2) is 0 Å². The minimum absolute atomic E-state index is 0.360. The predicted octanol–water partition coefficient (Wildman–Crippen LogP) is 6.15. The summed E-state index contributed by atoms with van der Waals surface area (Å²) >= 11 is 0. The van der Waals surface area contributed by atoms with Crippen molar-refractivity contribution in [2.75, 3.05) is 6.61 Å². The van der Waals surface area contributed by atoms with Gasteiger partial charge in [-0.1, -0.05) is 114 Å². The lowest BCUT2D eigenvalue weighted by Crippen LogP contribution is -2.37.